The van der Waals surface area contributed by atoms with Crippen LogP contribution in [-0.2, 0) is 16.0 Å². The molecule has 7 nitrogen and oxygen atoms in total. The quantitative estimate of drug-likeness (QED) is 0.576. The lowest BCUT2D eigenvalue weighted by atomic mass is 9.95. The summed E-state index contributed by atoms with van der Waals surface area (Å²) in [5.41, 5.74) is 2.44. The van der Waals surface area contributed by atoms with Crippen LogP contribution >= 0.6 is 0 Å². The fourth-order valence-electron chi connectivity index (χ4n) is 3.22. The van der Waals surface area contributed by atoms with E-state index in [1.54, 1.807) is 0 Å². The number of nitrogens with one attached hydrogen (secondary N) is 1. The third-order valence-electron chi connectivity index (χ3n) is 4.97. The molecule has 168 valence electrons. The molecule has 0 heterocycles. The first kappa shape index (κ1) is 24.1. The number of hydrogen-bond acceptors (Lipinski definition) is 6. The highest BCUT2D eigenvalue weighted by Gasteiger charge is 2.21. The summed E-state index contributed by atoms with van der Waals surface area (Å²) in [6.07, 6.45) is 0.954. The van der Waals surface area contributed by atoms with E-state index in [1.165, 1.54) is 39.0 Å². The number of benzene rings is 2. The van der Waals surface area contributed by atoms with Gasteiger partial charge in [0.05, 0.1) is 32.9 Å². The molecule has 0 spiro atoms. The van der Waals surface area contributed by atoms with E-state index in [2.05, 4.69) is 24.4 Å². The average molecular weight is 430 g/mol. The molecule has 2 aromatic rings. The fourth-order valence-corrected chi connectivity index (χ4v) is 3.22. The first-order valence-corrected chi connectivity index (χ1v) is 10.2. The van der Waals surface area contributed by atoms with E-state index in [-0.39, 0.29) is 23.4 Å². The van der Waals surface area contributed by atoms with Crippen LogP contribution in [0.25, 0.3) is 0 Å². The van der Waals surface area contributed by atoms with Gasteiger partial charge in [0.2, 0.25) is 5.75 Å². The van der Waals surface area contributed by atoms with Gasteiger partial charge >= 0.3 is 5.97 Å². The van der Waals surface area contributed by atoms with E-state index in [0.717, 1.165) is 12.0 Å². The summed E-state index contributed by atoms with van der Waals surface area (Å²) in [4.78, 5) is 25.0. The standard InChI is InChI=1S/C24H31NO6/c1-7-16-8-10-17(11-9-16)22(15(2)3)25-21(26)14-31-24(27)18-12-19(28-4)23(30-6)20(13-18)29-5/h8-13,15,22H,7,14H2,1-6H3,(H,25,26)/t22-/m0/s1. The molecule has 0 saturated heterocycles. The van der Waals surface area contributed by atoms with Crippen molar-refractivity contribution in [1.29, 1.82) is 0 Å². The van der Waals surface area contributed by atoms with Gasteiger partial charge in [0.15, 0.2) is 18.1 Å². The van der Waals surface area contributed by atoms with Gasteiger partial charge in [-0.25, -0.2) is 4.79 Å². The number of aryl methyl sites for hydroxylation is 1. The first-order chi connectivity index (χ1) is 14.8. The molecule has 0 aliphatic rings. The molecular weight excluding hydrogens is 398 g/mol. The van der Waals surface area contributed by atoms with Crippen molar-refractivity contribution in [3.8, 4) is 17.2 Å². The number of rotatable bonds is 10. The van der Waals surface area contributed by atoms with Crippen LogP contribution < -0.4 is 19.5 Å². The second-order valence-electron chi connectivity index (χ2n) is 7.37. The Labute approximate surface area is 183 Å². The molecule has 1 N–H and O–H groups in total. The van der Waals surface area contributed by atoms with Crippen LogP contribution in [0.1, 0.15) is 48.3 Å². The minimum Gasteiger partial charge on any atom is -0.493 e. The monoisotopic (exact) mass is 429 g/mol. The second kappa shape index (κ2) is 11.2. The van der Waals surface area contributed by atoms with E-state index in [0.29, 0.717) is 17.2 Å². The Kier molecular flexibility index (Phi) is 8.73. The van der Waals surface area contributed by atoms with Crippen LogP contribution in [0.3, 0.4) is 0 Å². The number of carbonyl (C=O) groups is 2. The molecule has 0 aliphatic heterocycles. The molecule has 0 unspecified atom stereocenters. The van der Waals surface area contributed by atoms with Crippen molar-refractivity contribution < 1.29 is 28.5 Å². The van der Waals surface area contributed by atoms with Gasteiger partial charge in [0, 0.05) is 0 Å². The Morgan fingerprint density at radius 3 is 1.97 bits per heavy atom. The number of carbonyl (C=O) groups excluding carboxylic acids is 2. The summed E-state index contributed by atoms with van der Waals surface area (Å²) in [5, 5.41) is 2.95. The van der Waals surface area contributed by atoms with Crippen LogP contribution in [0.5, 0.6) is 17.2 Å². The highest BCUT2D eigenvalue weighted by Crippen LogP contribution is 2.38. The van der Waals surface area contributed by atoms with E-state index in [4.69, 9.17) is 18.9 Å². The molecular formula is C24H31NO6. The zero-order valence-corrected chi connectivity index (χ0v) is 19.0. The number of ether oxygens (including phenoxy) is 4. The highest BCUT2D eigenvalue weighted by atomic mass is 16.5. The van der Waals surface area contributed by atoms with Crippen molar-refractivity contribution in [3.05, 3.63) is 53.1 Å². The largest absolute Gasteiger partial charge is 0.493 e. The molecule has 1 atom stereocenters. The first-order valence-electron chi connectivity index (χ1n) is 10.2. The zero-order valence-electron chi connectivity index (χ0n) is 19.0. The van der Waals surface area contributed by atoms with Crippen molar-refractivity contribution >= 4 is 11.9 Å². The highest BCUT2D eigenvalue weighted by molar-refractivity contribution is 5.92. The fraction of sp³-hybridized carbons (Fsp3) is 0.417. The number of esters is 1. The number of amides is 1. The van der Waals surface area contributed by atoms with Gasteiger partial charge < -0.3 is 24.3 Å². The van der Waals surface area contributed by atoms with Gasteiger partial charge in [0.1, 0.15) is 0 Å². The zero-order chi connectivity index (χ0) is 23.0. The summed E-state index contributed by atoms with van der Waals surface area (Å²) in [6.45, 7) is 5.76. The molecule has 2 aromatic carbocycles. The summed E-state index contributed by atoms with van der Waals surface area (Å²) in [7, 11) is 4.39. The van der Waals surface area contributed by atoms with Gasteiger partial charge in [-0.05, 0) is 35.6 Å². The molecule has 7 heteroatoms. The van der Waals surface area contributed by atoms with Crippen molar-refractivity contribution in [2.75, 3.05) is 27.9 Å². The maximum Gasteiger partial charge on any atom is 0.338 e. The molecule has 0 saturated carbocycles. The van der Waals surface area contributed by atoms with Crippen LogP contribution in [0, 0.1) is 5.92 Å². The van der Waals surface area contributed by atoms with Crippen molar-refractivity contribution in [2.45, 2.75) is 33.2 Å². The molecule has 0 aliphatic carbocycles. The van der Waals surface area contributed by atoms with Crippen LogP contribution in [0.2, 0.25) is 0 Å². The van der Waals surface area contributed by atoms with E-state index < -0.39 is 12.6 Å². The smallest absolute Gasteiger partial charge is 0.338 e. The lowest BCUT2D eigenvalue weighted by molar-refractivity contribution is -0.125. The van der Waals surface area contributed by atoms with Gasteiger partial charge in [-0.2, -0.15) is 0 Å². The normalized spacial score (nSPS) is 11.6. The van der Waals surface area contributed by atoms with Crippen molar-refractivity contribution in [3.63, 3.8) is 0 Å². The minimum absolute atomic E-state index is 0.169. The Bertz CT molecular complexity index is 866. The SMILES string of the molecule is CCc1ccc([C@@H](NC(=O)COC(=O)c2cc(OC)c(OC)c(OC)c2)C(C)C)cc1. The summed E-state index contributed by atoms with van der Waals surface area (Å²) in [5.74, 6) is 0.152. The van der Waals surface area contributed by atoms with Crippen LogP contribution in [0.4, 0.5) is 0 Å². The predicted octanol–water partition coefficient (Wildman–Crippen LogP) is 3.95. The molecule has 31 heavy (non-hydrogen) atoms. The van der Waals surface area contributed by atoms with E-state index >= 15 is 0 Å². The van der Waals surface area contributed by atoms with Crippen LogP contribution in [0.15, 0.2) is 36.4 Å². The Morgan fingerprint density at radius 2 is 1.52 bits per heavy atom. The molecule has 1 amide bonds. The maximum absolute atomic E-state index is 12.5. The molecule has 0 aromatic heterocycles. The summed E-state index contributed by atoms with van der Waals surface area (Å²) in [6, 6.07) is 10.9. The minimum atomic E-state index is -0.664. The number of methoxy groups -OCH3 is 3. The van der Waals surface area contributed by atoms with Crippen LogP contribution in [-0.4, -0.2) is 39.8 Å². The van der Waals surface area contributed by atoms with E-state index in [9.17, 15) is 9.59 Å². The molecule has 0 radical (unpaired) electrons. The Morgan fingerprint density at radius 1 is 0.935 bits per heavy atom. The second-order valence-corrected chi connectivity index (χ2v) is 7.37. The van der Waals surface area contributed by atoms with Crippen molar-refractivity contribution in [1.82, 2.24) is 5.32 Å². The predicted molar refractivity (Wildman–Crippen MR) is 118 cm³/mol. The van der Waals surface area contributed by atoms with Gasteiger partial charge in [-0.3, -0.25) is 4.79 Å². The van der Waals surface area contributed by atoms with E-state index in [1.807, 2.05) is 26.0 Å². The number of hydrogen-bond donors (Lipinski definition) is 1. The average Bonchev–Trinajstić information content (AvgIpc) is 2.79. The molecule has 0 bridgehead atoms. The lowest BCUT2D eigenvalue weighted by Gasteiger charge is -2.23. The molecule has 2 rings (SSSR count). The topological polar surface area (TPSA) is 83.1 Å². The van der Waals surface area contributed by atoms with Gasteiger partial charge in [0.25, 0.3) is 5.91 Å². The Balaban J connectivity index is 2.06. The summed E-state index contributed by atoms with van der Waals surface area (Å²) < 4.78 is 21.0. The third kappa shape index (κ3) is 6.13. The Hall–Kier alpha value is -3.22. The third-order valence-corrected chi connectivity index (χ3v) is 4.97. The maximum atomic E-state index is 12.5. The van der Waals surface area contributed by atoms with Gasteiger partial charge in [-0.15, -0.1) is 0 Å². The van der Waals surface area contributed by atoms with Gasteiger partial charge in [-0.1, -0.05) is 45.0 Å². The summed E-state index contributed by atoms with van der Waals surface area (Å²) >= 11 is 0. The lowest BCUT2D eigenvalue weighted by Crippen LogP contribution is -2.35. The van der Waals surface area contributed by atoms with Crippen molar-refractivity contribution in [2.24, 2.45) is 5.92 Å². The molecule has 0 fully saturated rings.